The predicted molar refractivity (Wildman–Crippen MR) is 116 cm³/mol. The Bertz CT molecular complexity index is 1160. The van der Waals surface area contributed by atoms with E-state index in [2.05, 4.69) is 25.6 Å². The van der Waals surface area contributed by atoms with Gasteiger partial charge in [-0.3, -0.25) is 4.98 Å². The van der Waals surface area contributed by atoms with Gasteiger partial charge in [-0.15, -0.1) is 0 Å². The van der Waals surface area contributed by atoms with Gasteiger partial charge in [0.2, 0.25) is 5.75 Å². The van der Waals surface area contributed by atoms with Crippen LogP contribution in [0.4, 0.5) is 23.0 Å². The number of hydrogen-bond donors (Lipinski definition) is 2. The molecule has 0 amide bonds. The zero-order chi connectivity index (χ0) is 20.9. The fourth-order valence-corrected chi connectivity index (χ4v) is 3.10. The van der Waals surface area contributed by atoms with Crippen molar-refractivity contribution in [3.05, 3.63) is 61.1 Å². The molecule has 8 heteroatoms. The molecule has 0 radical (unpaired) electrons. The minimum Gasteiger partial charge on any atom is -0.493 e. The molecular formula is C22H21N5O3. The van der Waals surface area contributed by atoms with Crippen LogP contribution in [0, 0.1) is 0 Å². The summed E-state index contributed by atoms with van der Waals surface area (Å²) in [7, 11) is 4.72. The molecule has 0 aliphatic rings. The molecule has 4 rings (SSSR count). The molecule has 30 heavy (non-hydrogen) atoms. The van der Waals surface area contributed by atoms with Gasteiger partial charge in [-0.25, -0.2) is 9.97 Å². The van der Waals surface area contributed by atoms with Gasteiger partial charge in [0, 0.05) is 41.2 Å². The van der Waals surface area contributed by atoms with Crippen molar-refractivity contribution in [2.75, 3.05) is 32.0 Å². The highest BCUT2D eigenvalue weighted by molar-refractivity contribution is 5.83. The molecule has 0 bridgehead atoms. The van der Waals surface area contributed by atoms with E-state index in [-0.39, 0.29) is 0 Å². The molecule has 2 aromatic carbocycles. The molecule has 4 aromatic rings. The molecule has 0 aliphatic carbocycles. The van der Waals surface area contributed by atoms with Crippen molar-refractivity contribution in [3.8, 4) is 17.2 Å². The molecule has 152 valence electrons. The Balaban J connectivity index is 1.57. The van der Waals surface area contributed by atoms with Crippen molar-refractivity contribution >= 4 is 33.9 Å². The van der Waals surface area contributed by atoms with E-state index in [4.69, 9.17) is 14.2 Å². The zero-order valence-electron chi connectivity index (χ0n) is 16.8. The van der Waals surface area contributed by atoms with Crippen LogP contribution in [0.1, 0.15) is 0 Å². The highest BCUT2D eigenvalue weighted by Crippen LogP contribution is 2.40. The molecule has 0 saturated carbocycles. The van der Waals surface area contributed by atoms with Crippen molar-refractivity contribution in [3.63, 3.8) is 0 Å². The summed E-state index contributed by atoms with van der Waals surface area (Å²) in [6.07, 6.45) is 3.27. The van der Waals surface area contributed by atoms with Crippen LogP contribution in [0.2, 0.25) is 0 Å². The molecule has 0 saturated heterocycles. The molecule has 0 atom stereocenters. The van der Waals surface area contributed by atoms with E-state index < -0.39 is 0 Å². The van der Waals surface area contributed by atoms with Gasteiger partial charge in [-0.2, -0.15) is 0 Å². The molecule has 2 N–H and O–H groups in total. The molecule has 0 aliphatic heterocycles. The lowest BCUT2D eigenvalue weighted by Gasteiger charge is -2.15. The summed E-state index contributed by atoms with van der Waals surface area (Å²) in [4.78, 5) is 12.9. The SMILES string of the molecule is COc1cc(Nc2cc(Nc3ccc4ncccc4c3)ncn2)cc(OC)c1OC. The number of hydrogen-bond acceptors (Lipinski definition) is 8. The van der Waals surface area contributed by atoms with Crippen molar-refractivity contribution in [1.82, 2.24) is 15.0 Å². The van der Waals surface area contributed by atoms with Crippen molar-refractivity contribution in [2.24, 2.45) is 0 Å². The van der Waals surface area contributed by atoms with E-state index in [0.29, 0.717) is 28.9 Å². The lowest BCUT2D eigenvalue weighted by Crippen LogP contribution is -2.00. The number of ether oxygens (including phenoxy) is 3. The maximum atomic E-state index is 5.40. The Morgan fingerprint density at radius 3 is 2.07 bits per heavy atom. The Hall–Kier alpha value is -4.07. The van der Waals surface area contributed by atoms with Crippen molar-refractivity contribution < 1.29 is 14.2 Å². The van der Waals surface area contributed by atoms with Gasteiger partial charge in [-0.1, -0.05) is 6.07 Å². The standard InChI is InChI=1S/C22H21N5O3/c1-28-18-10-16(11-19(29-2)22(18)30-3)27-21-12-20(24-13-25-21)26-15-6-7-17-14(9-15)5-4-8-23-17/h4-13H,1-3H3,(H2,24,25,26,27). The van der Waals surface area contributed by atoms with Crippen LogP contribution >= 0.6 is 0 Å². The number of pyridine rings is 1. The van der Waals surface area contributed by atoms with Crippen LogP contribution in [-0.2, 0) is 0 Å². The van der Waals surface area contributed by atoms with Crippen molar-refractivity contribution in [2.45, 2.75) is 0 Å². The largest absolute Gasteiger partial charge is 0.493 e. The first-order valence-corrected chi connectivity index (χ1v) is 9.21. The highest BCUT2D eigenvalue weighted by atomic mass is 16.5. The summed E-state index contributed by atoms with van der Waals surface area (Å²) in [5.74, 6) is 2.90. The van der Waals surface area contributed by atoms with Crippen LogP contribution < -0.4 is 24.8 Å². The van der Waals surface area contributed by atoms with Gasteiger partial charge < -0.3 is 24.8 Å². The number of rotatable bonds is 7. The van der Waals surface area contributed by atoms with E-state index >= 15 is 0 Å². The maximum absolute atomic E-state index is 5.40. The summed E-state index contributed by atoms with van der Waals surface area (Å²) in [5.41, 5.74) is 2.59. The molecule has 8 nitrogen and oxygen atoms in total. The topological polar surface area (TPSA) is 90.4 Å². The average molecular weight is 403 g/mol. The van der Waals surface area contributed by atoms with Crippen LogP contribution in [0.3, 0.4) is 0 Å². The third-order valence-corrected chi connectivity index (χ3v) is 4.48. The molecule has 2 aromatic heterocycles. The van der Waals surface area contributed by atoms with E-state index in [1.807, 2.05) is 48.5 Å². The van der Waals surface area contributed by atoms with Gasteiger partial charge in [0.15, 0.2) is 11.5 Å². The summed E-state index contributed by atoms with van der Waals surface area (Å²) in [6.45, 7) is 0. The van der Waals surface area contributed by atoms with Gasteiger partial charge in [-0.05, 0) is 24.3 Å². The van der Waals surface area contributed by atoms with Crippen LogP contribution in [0.15, 0.2) is 61.1 Å². The minimum absolute atomic E-state index is 0.529. The minimum atomic E-state index is 0.529. The second-order valence-electron chi connectivity index (χ2n) is 6.36. The summed E-state index contributed by atoms with van der Waals surface area (Å²) in [6, 6.07) is 15.3. The number of nitrogens with one attached hydrogen (secondary N) is 2. The number of benzene rings is 2. The van der Waals surface area contributed by atoms with Gasteiger partial charge in [0.1, 0.15) is 18.0 Å². The third-order valence-electron chi connectivity index (χ3n) is 4.48. The maximum Gasteiger partial charge on any atom is 0.203 e. The number of nitrogens with zero attached hydrogens (tertiary/aromatic N) is 3. The Morgan fingerprint density at radius 2 is 1.40 bits per heavy atom. The first-order chi connectivity index (χ1) is 14.7. The molecule has 0 unspecified atom stereocenters. The molecule has 2 heterocycles. The van der Waals surface area contributed by atoms with E-state index in [1.54, 1.807) is 27.5 Å². The lowest BCUT2D eigenvalue weighted by atomic mass is 10.2. The Labute approximate surface area is 173 Å². The molecule has 0 fully saturated rings. The van der Waals surface area contributed by atoms with Gasteiger partial charge in [0.05, 0.1) is 26.8 Å². The zero-order valence-corrected chi connectivity index (χ0v) is 16.8. The van der Waals surface area contributed by atoms with E-state index in [1.165, 1.54) is 6.33 Å². The number of anilines is 4. The van der Waals surface area contributed by atoms with Crippen LogP contribution in [0.5, 0.6) is 17.2 Å². The fraction of sp³-hybridized carbons (Fsp3) is 0.136. The van der Waals surface area contributed by atoms with Crippen LogP contribution in [0.25, 0.3) is 10.9 Å². The van der Waals surface area contributed by atoms with Crippen LogP contribution in [-0.4, -0.2) is 36.3 Å². The molecular weight excluding hydrogens is 382 g/mol. The quantitative estimate of drug-likeness (QED) is 0.465. The summed E-state index contributed by atoms with van der Waals surface area (Å²) >= 11 is 0. The third kappa shape index (κ3) is 4.02. The number of methoxy groups -OCH3 is 3. The van der Waals surface area contributed by atoms with E-state index in [0.717, 1.165) is 22.3 Å². The second kappa shape index (κ2) is 8.52. The highest BCUT2D eigenvalue weighted by Gasteiger charge is 2.13. The summed E-state index contributed by atoms with van der Waals surface area (Å²) in [5, 5.41) is 7.59. The first kappa shape index (κ1) is 19.3. The summed E-state index contributed by atoms with van der Waals surface area (Å²) < 4.78 is 16.2. The first-order valence-electron chi connectivity index (χ1n) is 9.21. The number of aromatic nitrogens is 3. The van der Waals surface area contributed by atoms with Crippen molar-refractivity contribution in [1.29, 1.82) is 0 Å². The monoisotopic (exact) mass is 403 g/mol. The predicted octanol–water partition coefficient (Wildman–Crippen LogP) is 4.54. The second-order valence-corrected chi connectivity index (χ2v) is 6.36. The molecule has 0 spiro atoms. The van der Waals surface area contributed by atoms with Gasteiger partial charge in [0.25, 0.3) is 0 Å². The van der Waals surface area contributed by atoms with Gasteiger partial charge >= 0.3 is 0 Å². The van der Waals surface area contributed by atoms with E-state index in [9.17, 15) is 0 Å². The Kier molecular flexibility index (Phi) is 5.47. The lowest BCUT2D eigenvalue weighted by molar-refractivity contribution is 0.324. The number of fused-ring (bicyclic) bond motifs is 1. The normalized spacial score (nSPS) is 10.5. The Morgan fingerprint density at radius 1 is 0.700 bits per heavy atom. The smallest absolute Gasteiger partial charge is 0.203 e. The fourth-order valence-electron chi connectivity index (χ4n) is 3.10. The average Bonchev–Trinajstić information content (AvgIpc) is 2.78.